The number of nitrogens with two attached hydrogens (primary N) is 1. The number of hydrogen-bond acceptors (Lipinski definition) is 7. The largest absolute Gasteiger partial charge is 0.446 e. The minimum absolute atomic E-state index is 0.0421. The highest BCUT2D eigenvalue weighted by molar-refractivity contribution is 7.92. The summed E-state index contributed by atoms with van der Waals surface area (Å²) in [5.74, 6) is -2.35. The van der Waals surface area contributed by atoms with Gasteiger partial charge in [-0.05, 0) is 42.3 Å². The Morgan fingerprint density at radius 1 is 1.07 bits per heavy atom. The second-order valence-electron chi connectivity index (χ2n) is 9.15. The molecule has 2 heterocycles. The fourth-order valence-corrected chi connectivity index (χ4v) is 5.03. The van der Waals surface area contributed by atoms with Gasteiger partial charge in [-0.2, -0.15) is 14.5 Å². The van der Waals surface area contributed by atoms with E-state index in [0.717, 1.165) is 15.9 Å². The van der Waals surface area contributed by atoms with Gasteiger partial charge in [-0.15, -0.1) is 0 Å². The summed E-state index contributed by atoms with van der Waals surface area (Å²) in [6.07, 6.45) is 2.48. The Morgan fingerprint density at radius 3 is 2.44 bits per heavy atom. The van der Waals surface area contributed by atoms with Gasteiger partial charge in [-0.25, -0.2) is 27.4 Å². The Bertz CT molecular complexity index is 1640. The SMILES string of the molecule is CCCC[N+]1=C(N)C(=NC(=O)Cc2ccc(S(=O)(=O)Nc3ccccn3)cc2)C(=O)N(Cc2ccccc2F)C1=O. The van der Waals surface area contributed by atoms with Gasteiger partial charge in [0.1, 0.15) is 18.2 Å². The highest BCUT2D eigenvalue weighted by atomic mass is 32.2. The summed E-state index contributed by atoms with van der Waals surface area (Å²) >= 11 is 0. The molecule has 0 aliphatic carbocycles. The number of imide groups is 1. The number of rotatable bonds is 10. The number of sulfonamides is 1. The maximum absolute atomic E-state index is 14.3. The number of benzene rings is 2. The van der Waals surface area contributed by atoms with Crippen LogP contribution >= 0.6 is 0 Å². The molecule has 0 atom stereocenters. The Morgan fingerprint density at radius 2 is 1.78 bits per heavy atom. The lowest BCUT2D eigenvalue weighted by atomic mass is 10.1. The fourth-order valence-electron chi connectivity index (χ4n) is 4.02. The van der Waals surface area contributed by atoms with Gasteiger partial charge < -0.3 is 5.73 Å². The molecule has 212 valence electrons. The summed E-state index contributed by atoms with van der Waals surface area (Å²) in [6, 6.07) is 15.4. The molecule has 41 heavy (non-hydrogen) atoms. The number of amides is 4. The number of hydrogen-bond donors (Lipinski definition) is 2. The van der Waals surface area contributed by atoms with Crippen molar-refractivity contribution in [1.29, 1.82) is 0 Å². The summed E-state index contributed by atoms with van der Waals surface area (Å²) < 4.78 is 43.1. The quantitative estimate of drug-likeness (QED) is 0.350. The molecule has 13 heteroatoms. The van der Waals surface area contributed by atoms with Gasteiger partial charge in [0.05, 0.1) is 17.9 Å². The van der Waals surface area contributed by atoms with Crippen molar-refractivity contribution in [1.82, 2.24) is 9.88 Å². The number of carbonyl (C=O) groups excluding carboxylic acids is 3. The van der Waals surface area contributed by atoms with Crippen molar-refractivity contribution in [3.63, 3.8) is 0 Å². The first-order valence-electron chi connectivity index (χ1n) is 12.7. The van der Waals surface area contributed by atoms with Gasteiger partial charge in [0.2, 0.25) is 5.71 Å². The van der Waals surface area contributed by atoms with Crippen LogP contribution in [0.5, 0.6) is 0 Å². The molecule has 0 radical (unpaired) electrons. The molecule has 1 aliphatic rings. The fraction of sp³-hybridized carbons (Fsp3) is 0.214. The van der Waals surface area contributed by atoms with Crippen LogP contribution in [0.25, 0.3) is 0 Å². The molecule has 0 spiro atoms. The van der Waals surface area contributed by atoms with Crippen LogP contribution in [-0.2, 0) is 32.6 Å². The van der Waals surface area contributed by atoms with Crippen molar-refractivity contribution in [2.24, 2.45) is 10.7 Å². The number of halogens is 1. The second-order valence-corrected chi connectivity index (χ2v) is 10.8. The number of urea groups is 1. The van der Waals surface area contributed by atoms with Gasteiger partial charge in [-0.1, -0.05) is 49.7 Å². The summed E-state index contributed by atoms with van der Waals surface area (Å²) in [5, 5.41) is 0. The predicted molar refractivity (Wildman–Crippen MR) is 149 cm³/mol. The standard InChI is InChI=1S/C28H27FN6O5S/c1-2-3-16-34-26(30)25(27(37)35(28(34)38)18-20-8-4-5-9-22(20)29)32-24(36)17-19-11-13-21(14-12-19)41(39,40)33-23-10-6-7-15-31-23/h4-15,30H,2-3,16-18H2,1H3,(H,31,33)/p+1. The smallest absolute Gasteiger partial charge is 0.316 e. The molecular weight excluding hydrogens is 551 g/mol. The average molecular weight is 580 g/mol. The normalized spacial score (nSPS) is 15.0. The van der Waals surface area contributed by atoms with Crippen LogP contribution in [0, 0.1) is 5.82 Å². The third kappa shape index (κ3) is 6.87. The van der Waals surface area contributed by atoms with E-state index < -0.39 is 39.4 Å². The number of carbonyl (C=O) groups is 3. The summed E-state index contributed by atoms with van der Waals surface area (Å²) in [5.41, 5.74) is 6.27. The van der Waals surface area contributed by atoms with Crippen LogP contribution < -0.4 is 10.5 Å². The molecule has 4 rings (SSSR count). The van der Waals surface area contributed by atoms with E-state index in [9.17, 15) is 27.2 Å². The molecule has 0 saturated heterocycles. The molecule has 0 unspecified atom stereocenters. The van der Waals surface area contributed by atoms with Crippen molar-refractivity contribution < 1.29 is 31.8 Å². The van der Waals surface area contributed by atoms with E-state index in [-0.39, 0.29) is 41.6 Å². The van der Waals surface area contributed by atoms with Gasteiger partial charge in [0.25, 0.3) is 21.8 Å². The third-order valence-corrected chi connectivity index (χ3v) is 7.56. The van der Waals surface area contributed by atoms with Crippen molar-refractivity contribution in [3.05, 3.63) is 89.9 Å². The van der Waals surface area contributed by atoms with Crippen molar-refractivity contribution in [2.75, 3.05) is 11.3 Å². The van der Waals surface area contributed by atoms with E-state index in [2.05, 4.69) is 14.7 Å². The second kappa shape index (κ2) is 12.6. The monoisotopic (exact) mass is 579 g/mol. The number of nitrogens with zero attached hydrogens (tertiary/aromatic N) is 4. The molecule has 2 aromatic carbocycles. The molecular formula is C28H28FN6O5S+. The zero-order valence-corrected chi connectivity index (χ0v) is 23.0. The topological polar surface area (TPSA) is 155 Å². The number of anilines is 1. The summed E-state index contributed by atoms with van der Waals surface area (Å²) in [7, 11) is -3.91. The van der Waals surface area contributed by atoms with Crippen LogP contribution in [0.3, 0.4) is 0 Å². The minimum atomic E-state index is -3.91. The number of aliphatic imine (C=N–C) groups is 1. The molecule has 4 amide bonds. The first-order valence-corrected chi connectivity index (χ1v) is 14.2. The van der Waals surface area contributed by atoms with Crippen molar-refractivity contribution >= 4 is 45.2 Å². The maximum atomic E-state index is 14.3. The Hall–Kier alpha value is -4.78. The van der Waals surface area contributed by atoms with Crippen molar-refractivity contribution in [2.45, 2.75) is 37.6 Å². The predicted octanol–water partition coefficient (Wildman–Crippen LogP) is 2.86. The highest BCUT2D eigenvalue weighted by Crippen LogP contribution is 2.17. The first-order chi connectivity index (χ1) is 19.6. The van der Waals surface area contributed by atoms with Gasteiger partial charge in [0.15, 0.2) is 0 Å². The van der Waals surface area contributed by atoms with E-state index >= 15 is 0 Å². The van der Waals surface area contributed by atoms with Crippen LogP contribution in [0.4, 0.5) is 15.0 Å². The Labute approximate surface area is 236 Å². The maximum Gasteiger partial charge on any atom is 0.446 e. The molecule has 11 nitrogen and oxygen atoms in total. The van der Waals surface area contributed by atoms with E-state index in [4.69, 9.17) is 5.73 Å². The van der Waals surface area contributed by atoms with E-state index in [1.54, 1.807) is 18.2 Å². The van der Waals surface area contributed by atoms with E-state index in [0.29, 0.717) is 12.0 Å². The molecule has 1 aromatic heterocycles. The molecule has 0 bridgehead atoms. The van der Waals surface area contributed by atoms with Crippen molar-refractivity contribution in [3.8, 4) is 0 Å². The van der Waals surface area contributed by atoms with Crippen LogP contribution in [0.2, 0.25) is 0 Å². The van der Waals surface area contributed by atoms with Crippen LogP contribution in [0.1, 0.15) is 30.9 Å². The zero-order valence-electron chi connectivity index (χ0n) is 22.2. The first kappa shape index (κ1) is 29.2. The van der Waals surface area contributed by atoms with Crippen LogP contribution in [-0.4, -0.2) is 58.8 Å². The zero-order chi connectivity index (χ0) is 29.6. The van der Waals surface area contributed by atoms with Gasteiger partial charge >= 0.3 is 11.9 Å². The number of nitrogens with one attached hydrogen (secondary N) is 1. The minimum Gasteiger partial charge on any atom is -0.316 e. The number of unbranched alkanes of at least 4 members (excludes halogenated alkanes) is 1. The summed E-state index contributed by atoms with van der Waals surface area (Å²) in [6.45, 7) is 1.73. The lowest BCUT2D eigenvalue weighted by Gasteiger charge is -2.23. The molecule has 0 saturated carbocycles. The summed E-state index contributed by atoms with van der Waals surface area (Å²) in [4.78, 5) is 47.9. The van der Waals surface area contributed by atoms with Crippen LogP contribution in [0.15, 0.2) is 82.8 Å². The lowest BCUT2D eigenvalue weighted by Crippen LogP contribution is -2.58. The van der Waals surface area contributed by atoms with Gasteiger partial charge in [-0.3, -0.25) is 9.52 Å². The molecule has 0 fully saturated rings. The Balaban J connectivity index is 1.56. The highest BCUT2D eigenvalue weighted by Gasteiger charge is 2.43. The van der Waals surface area contributed by atoms with E-state index in [1.807, 2.05) is 6.92 Å². The number of aromatic nitrogens is 1. The van der Waals surface area contributed by atoms with E-state index in [1.165, 1.54) is 54.7 Å². The molecule has 1 aliphatic heterocycles. The number of pyridine rings is 1. The third-order valence-electron chi connectivity index (χ3n) is 6.19. The molecule has 3 N–H and O–H groups in total. The Kier molecular flexibility index (Phi) is 8.97. The average Bonchev–Trinajstić information content (AvgIpc) is 2.95. The lowest BCUT2D eigenvalue weighted by molar-refractivity contribution is -0.437. The van der Waals surface area contributed by atoms with Gasteiger partial charge in [0, 0.05) is 11.8 Å². The molecule has 3 aromatic rings. The number of amidine groups is 1.